The molecule has 4 heteroatoms. The van der Waals surface area contributed by atoms with Gasteiger partial charge < -0.3 is 10.8 Å². The third-order valence-electron chi connectivity index (χ3n) is 1.79. The minimum absolute atomic E-state index is 0.0505. The van der Waals surface area contributed by atoms with Gasteiger partial charge in [-0.1, -0.05) is 6.07 Å². The van der Waals surface area contributed by atoms with Gasteiger partial charge in [0.1, 0.15) is 5.82 Å². The second-order valence-electron chi connectivity index (χ2n) is 2.90. The van der Waals surface area contributed by atoms with E-state index in [-0.39, 0.29) is 5.70 Å². The molecule has 0 aliphatic rings. The maximum atomic E-state index is 12.8. The fraction of sp³-hybridized carbons (Fsp3) is 0.100. The summed E-state index contributed by atoms with van der Waals surface area (Å²) in [4.78, 5) is 10.3. The van der Waals surface area contributed by atoms with Gasteiger partial charge in [-0.05, 0) is 24.6 Å². The van der Waals surface area contributed by atoms with Crippen LogP contribution in [0.5, 0.6) is 0 Å². The van der Waals surface area contributed by atoms with Crippen molar-refractivity contribution in [2.45, 2.75) is 6.92 Å². The molecule has 0 aliphatic heterocycles. The molecule has 3 N–H and O–H groups in total. The summed E-state index contributed by atoms with van der Waals surface area (Å²) in [5.41, 5.74) is 6.68. The number of hydrogen-bond acceptors (Lipinski definition) is 2. The van der Waals surface area contributed by atoms with Crippen LogP contribution in [0.2, 0.25) is 0 Å². The normalized spacial score (nSPS) is 11.4. The van der Waals surface area contributed by atoms with Crippen LogP contribution in [0.25, 0.3) is 5.70 Å². The fourth-order valence-electron chi connectivity index (χ4n) is 1.12. The molecule has 0 aromatic heterocycles. The van der Waals surface area contributed by atoms with Gasteiger partial charge in [-0.3, -0.25) is 0 Å². The number of aliphatic carboxylic acids is 1. The fourth-order valence-corrected chi connectivity index (χ4v) is 1.12. The number of carboxylic acids is 1. The molecule has 1 aromatic carbocycles. The van der Waals surface area contributed by atoms with E-state index < -0.39 is 11.8 Å². The lowest BCUT2D eigenvalue weighted by Gasteiger charge is -2.04. The summed E-state index contributed by atoms with van der Waals surface area (Å²) >= 11 is 0. The van der Waals surface area contributed by atoms with Gasteiger partial charge in [-0.15, -0.1) is 0 Å². The minimum Gasteiger partial charge on any atom is -0.478 e. The van der Waals surface area contributed by atoms with E-state index in [4.69, 9.17) is 10.8 Å². The highest BCUT2D eigenvalue weighted by Crippen LogP contribution is 2.15. The van der Waals surface area contributed by atoms with Gasteiger partial charge in [0.05, 0.1) is 0 Å². The molecule has 3 nitrogen and oxygen atoms in total. The lowest BCUT2D eigenvalue weighted by atomic mass is 10.1. The number of carboxylic acid groups (broad SMARTS) is 1. The predicted molar refractivity (Wildman–Crippen MR) is 50.9 cm³/mol. The molecule has 0 heterocycles. The SMILES string of the molecule is Cc1ccc(F)cc1/C(N)=C/C(=O)O. The summed E-state index contributed by atoms with van der Waals surface area (Å²) in [5.74, 6) is -1.58. The summed E-state index contributed by atoms with van der Waals surface area (Å²) in [5, 5.41) is 8.46. The Labute approximate surface area is 80.7 Å². The van der Waals surface area contributed by atoms with Crippen molar-refractivity contribution in [2.24, 2.45) is 5.73 Å². The molecule has 14 heavy (non-hydrogen) atoms. The lowest BCUT2D eigenvalue weighted by Crippen LogP contribution is -2.03. The summed E-state index contributed by atoms with van der Waals surface area (Å²) in [7, 11) is 0. The number of aryl methyl sites for hydroxylation is 1. The van der Waals surface area contributed by atoms with Crippen LogP contribution in [-0.2, 0) is 4.79 Å². The molecule has 0 unspecified atom stereocenters. The smallest absolute Gasteiger partial charge is 0.330 e. The lowest BCUT2D eigenvalue weighted by molar-refractivity contribution is -0.131. The zero-order chi connectivity index (χ0) is 10.7. The molecule has 0 radical (unpaired) electrons. The van der Waals surface area contributed by atoms with Gasteiger partial charge in [0.2, 0.25) is 0 Å². The Kier molecular flexibility index (Phi) is 2.86. The van der Waals surface area contributed by atoms with Gasteiger partial charge >= 0.3 is 5.97 Å². The maximum Gasteiger partial charge on any atom is 0.330 e. The van der Waals surface area contributed by atoms with Crippen LogP contribution in [0.3, 0.4) is 0 Å². The highest BCUT2D eigenvalue weighted by molar-refractivity contribution is 5.89. The number of nitrogens with two attached hydrogens (primary N) is 1. The van der Waals surface area contributed by atoms with Gasteiger partial charge in [-0.2, -0.15) is 0 Å². The molecule has 0 saturated carbocycles. The van der Waals surface area contributed by atoms with Crippen molar-refractivity contribution in [1.82, 2.24) is 0 Å². The van der Waals surface area contributed by atoms with Crippen molar-refractivity contribution < 1.29 is 14.3 Å². The van der Waals surface area contributed by atoms with Gasteiger partial charge in [0.25, 0.3) is 0 Å². The zero-order valence-electron chi connectivity index (χ0n) is 7.62. The number of rotatable bonds is 2. The molecule has 0 spiro atoms. The van der Waals surface area contributed by atoms with Crippen LogP contribution in [0, 0.1) is 12.7 Å². The molecule has 0 saturated heterocycles. The van der Waals surface area contributed by atoms with E-state index in [1.165, 1.54) is 12.1 Å². The Morgan fingerprint density at radius 3 is 2.79 bits per heavy atom. The summed E-state index contributed by atoms with van der Waals surface area (Å²) in [6.45, 7) is 1.73. The van der Waals surface area contributed by atoms with Crippen molar-refractivity contribution in [3.8, 4) is 0 Å². The van der Waals surface area contributed by atoms with E-state index in [0.717, 1.165) is 11.6 Å². The van der Waals surface area contributed by atoms with E-state index in [0.29, 0.717) is 5.56 Å². The standard InChI is InChI=1S/C10H10FNO2/c1-6-2-3-7(11)4-8(6)9(12)5-10(13)14/h2-5H,12H2,1H3,(H,13,14)/b9-5-. The zero-order valence-corrected chi connectivity index (χ0v) is 7.62. The summed E-state index contributed by atoms with van der Waals surface area (Å²) < 4.78 is 12.8. The highest BCUT2D eigenvalue weighted by atomic mass is 19.1. The maximum absolute atomic E-state index is 12.8. The Bertz CT molecular complexity index is 399. The molecule has 1 aromatic rings. The molecule has 0 bridgehead atoms. The summed E-state index contributed by atoms with van der Waals surface area (Å²) in [6.07, 6.45) is 0.849. The Balaban J connectivity index is 3.18. The van der Waals surface area contributed by atoms with E-state index in [9.17, 15) is 9.18 Å². The third-order valence-corrected chi connectivity index (χ3v) is 1.79. The molecule has 0 amide bonds. The van der Waals surface area contributed by atoms with E-state index in [1.54, 1.807) is 13.0 Å². The average molecular weight is 195 g/mol. The first-order valence-corrected chi connectivity index (χ1v) is 3.97. The Morgan fingerprint density at radius 2 is 2.21 bits per heavy atom. The number of hydrogen-bond donors (Lipinski definition) is 2. The molecule has 0 fully saturated rings. The molecule has 0 atom stereocenters. The number of carbonyl (C=O) groups is 1. The number of halogens is 1. The number of benzene rings is 1. The van der Waals surface area contributed by atoms with Gasteiger partial charge in [0.15, 0.2) is 0 Å². The Hall–Kier alpha value is -1.84. The first-order chi connectivity index (χ1) is 6.50. The van der Waals surface area contributed by atoms with E-state index in [2.05, 4.69) is 0 Å². The monoisotopic (exact) mass is 195 g/mol. The van der Waals surface area contributed by atoms with Crippen molar-refractivity contribution >= 4 is 11.7 Å². The van der Waals surface area contributed by atoms with Crippen LogP contribution in [0.15, 0.2) is 24.3 Å². The average Bonchev–Trinajstić information content (AvgIpc) is 2.08. The Morgan fingerprint density at radius 1 is 1.57 bits per heavy atom. The molecule has 74 valence electrons. The topological polar surface area (TPSA) is 63.3 Å². The third kappa shape index (κ3) is 2.32. The van der Waals surface area contributed by atoms with Crippen molar-refractivity contribution in [1.29, 1.82) is 0 Å². The van der Waals surface area contributed by atoms with Crippen LogP contribution in [-0.4, -0.2) is 11.1 Å². The van der Waals surface area contributed by atoms with Crippen molar-refractivity contribution in [3.05, 3.63) is 41.2 Å². The van der Waals surface area contributed by atoms with E-state index in [1.807, 2.05) is 0 Å². The second-order valence-corrected chi connectivity index (χ2v) is 2.90. The molecular formula is C10H10FNO2. The molecule has 0 aliphatic carbocycles. The van der Waals surface area contributed by atoms with Gasteiger partial charge in [0, 0.05) is 17.3 Å². The highest BCUT2D eigenvalue weighted by Gasteiger charge is 2.04. The van der Waals surface area contributed by atoms with Crippen molar-refractivity contribution in [2.75, 3.05) is 0 Å². The van der Waals surface area contributed by atoms with E-state index >= 15 is 0 Å². The first-order valence-electron chi connectivity index (χ1n) is 3.97. The van der Waals surface area contributed by atoms with Crippen LogP contribution < -0.4 is 5.73 Å². The van der Waals surface area contributed by atoms with Crippen LogP contribution >= 0.6 is 0 Å². The molecular weight excluding hydrogens is 185 g/mol. The van der Waals surface area contributed by atoms with Crippen molar-refractivity contribution in [3.63, 3.8) is 0 Å². The predicted octanol–water partition coefficient (Wildman–Crippen LogP) is 1.52. The first kappa shape index (κ1) is 10.2. The quantitative estimate of drug-likeness (QED) is 0.703. The summed E-state index contributed by atoms with van der Waals surface area (Å²) in [6, 6.07) is 4.06. The van der Waals surface area contributed by atoms with Gasteiger partial charge in [-0.25, -0.2) is 9.18 Å². The largest absolute Gasteiger partial charge is 0.478 e. The van der Waals surface area contributed by atoms with Crippen LogP contribution in [0.4, 0.5) is 4.39 Å². The van der Waals surface area contributed by atoms with Crippen LogP contribution in [0.1, 0.15) is 11.1 Å². The molecule has 1 rings (SSSR count). The minimum atomic E-state index is -1.15. The second kappa shape index (κ2) is 3.91.